The predicted molar refractivity (Wildman–Crippen MR) is 49.7 cm³/mol. The first-order valence-corrected chi connectivity index (χ1v) is 4.23. The van der Waals surface area contributed by atoms with E-state index in [1.807, 2.05) is 26.8 Å². The molecule has 0 N–H and O–H groups in total. The largest absolute Gasteiger partial charge is 0.465 e. The third kappa shape index (κ3) is 3.75. The first kappa shape index (κ1) is 11.7. The fourth-order valence-electron chi connectivity index (χ4n) is 0.716. The molecule has 0 aromatic heterocycles. The van der Waals surface area contributed by atoms with Crippen LogP contribution in [0.4, 0.5) is 0 Å². The van der Waals surface area contributed by atoms with E-state index in [4.69, 9.17) is 5.26 Å². The Bertz CT molecular complexity index is 248. The van der Waals surface area contributed by atoms with Crippen molar-refractivity contribution in [1.82, 2.24) is 0 Å². The summed E-state index contributed by atoms with van der Waals surface area (Å²) in [6.07, 6.45) is 1.65. The standard InChI is InChI=1S/C10H15NO2/c1-7(2)8(3)5-9(6-11)10(12)13-4/h5,7-8H,1-4H3/b9-5+/t8-/m1/s1. The number of ether oxygens (including phenoxy) is 1. The maximum atomic E-state index is 11.0. The van der Waals surface area contributed by atoms with E-state index in [-0.39, 0.29) is 11.5 Å². The molecule has 0 unspecified atom stereocenters. The SMILES string of the molecule is COC(=O)/C(C#N)=C/[C@@H](C)C(C)C. The topological polar surface area (TPSA) is 50.1 Å². The second-order valence-corrected chi connectivity index (χ2v) is 3.29. The summed E-state index contributed by atoms with van der Waals surface area (Å²) in [5.41, 5.74) is 0.0868. The van der Waals surface area contributed by atoms with Crippen LogP contribution >= 0.6 is 0 Å². The lowest BCUT2D eigenvalue weighted by Gasteiger charge is -2.10. The van der Waals surface area contributed by atoms with Gasteiger partial charge in [0.15, 0.2) is 0 Å². The van der Waals surface area contributed by atoms with Gasteiger partial charge in [-0.25, -0.2) is 4.79 Å². The zero-order chi connectivity index (χ0) is 10.4. The van der Waals surface area contributed by atoms with Gasteiger partial charge in [-0.15, -0.1) is 0 Å². The van der Waals surface area contributed by atoms with Gasteiger partial charge >= 0.3 is 5.97 Å². The molecule has 72 valence electrons. The summed E-state index contributed by atoms with van der Waals surface area (Å²) in [4.78, 5) is 11.0. The molecule has 3 heteroatoms. The van der Waals surface area contributed by atoms with E-state index < -0.39 is 5.97 Å². The van der Waals surface area contributed by atoms with Crippen LogP contribution in [0, 0.1) is 23.2 Å². The average molecular weight is 181 g/mol. The normalized spacial score (nSPS) is 13.7. The Balaban J connectivity index is 4.59. The minimum Gasteiger partial charge on any atom is -0.465 e. The van der Waals surface area contributed by atoms with Crippen molar-refractivity contribution in [2.75, 3.05) is 7.11 Å². The van der Waals surface area contributed by atoms with Crippen LogP contribution in [0.25, 0.3) is 0 Å². The molecule has 3 nitrogen and oxygen atoms in total. The maximum Gasteiger partial charge on any atom is 0.348 e. The Labute approximate surface area is 79.0 Å². The molecule has 0 aromatic rings. The molecule has 0 bridgehead atoms. The molecule has 0 saturated carbocycles. The monoisotopic (exact) mass is 181 g/mol. The number of rotatable bonds is 3. The number of nitriles is 1. The number of carbonyl (C=O) groups excluding carboxylic acids is 1. The summed E-state index contributed by atoms with van der Waals surface area (Å²) in [5.74, 6) is 0.0526. The number of carbonyl (C=O) groups is 1. The molecule has 0 aliphatic rings. The lowest BCUT2D eigenvalue weighted by molar-refractivity contribution is -0.135. The number of methoxy groups -OCH3 is 1. The molecule has 0 rings (SSSR count). The van der Waals surface area contributed by atoms with E-state index in [0.717, 1.165) is 0 Å². The molecule has 0 aliphatic carbocycles. The molecule has 0 spiro atoms. The van der Waals surface area contributed by atoms with E-state index in [0.29, 0.717) is 5.92 Å². The number of esters is 1. The zero-order valence-electron chi connectivity index (χ0n) is 8.50. The van der Waals surface area contributed by atoms with Crippen LogP contribution in [-0.2, 0) is 9.53 Å². The van der Waals surface area contributed by atoms with Gasteiger partial charge in [-0.1, -0.05) is 26.8 Å². The van der Waals surface area contributed by atoms with Gasteiger partial charge in [0.05, 0.1) is 7.11 Å². The first-order valence-electron chi connectivity index (χ1n) is 4.23. The predicted octanol–water partition coefficient (Wildman–Crippen LogP) is 1.90. The first-order chi connectivity index (χ1) is 6.02. The molecular formula is C10H15NO2. The van der Waals surface area contributed by atoms with E-state index in [9.17, 15) is 4.79 Å². The Morgan fingerprint density at radius 1 is 1.46 bits per heavy atom. The molecule has 1 atom stereocenters. The maximum absolute atomic E-state index is 11.0. The number of nitrogens with zero attached hydrogens (tertiary/aromatic N) is 1. The summed E-state index contributed by atoms with van der Waals surface area (Å²) in [5, 5.41) is 8.64. The summed E-state index contributed by atoms with van der Waals surface area (Å²) in [6, 6.07) is 1.83. The summed E-state index contributed by atoms with van der Waals surface area (Å²) < 4.78 is 4.45. The van der Waals surface area contributed by atoms with E-state index in [1.54, 1.807) is 6.08 Å². The Morgan fingerprint density at radius 2 is 2.00 bits per heavy atom. The van der Waals surface area contributed by atoms with Crippen molar-refractivity contribution >= 4 is 5.97 Å². The van der Waals surface area contributed by atoms with Gasteiger partial charge < -0.3 is 4.74 Å². The molecule has 0 radical (unpaired) electrons. The second-order valence-electron chi connectivity index (χ2n) is 3.29. The lowest BCUT2D eigenvalue weighted by atomic mass is 9.96. The van der Waals surface area contributed by atoms with Crippen LogP contribution in [0.1, 0.15) is 20.8 Å². The van der Waals surface area contributed by atoms with Crippen LogP contribution in [0.15, 0.2) is 11.6 Å². The van der Waals surface area contributed by atoms with Crippen molar-refractivity contribution in [3.05, 3.63) is 11.6 Å². The van der Waals surface area contributed by atoms with Crippen LogP contribution in [0.2, 0.25) is 0 Å². The van der Waals surface area contributed by atoms with E-state index >= 15 is 0 Å². The van der Waals surface area contributed by atoms with Gasteiger partial charge in [0.2, 0.25) is 0 Å². The minimum absolute atomic E-state index is 0.0868. The van der Waals surface area contributed by atoms with Crippen molar-refractivity contribution in [2.24, 2.45) is 11.8 Å². The third-order valence-electron chi connectivity index (χ3n) is 2.01. The quantitative estimate of drug-likeness (QED) is 0.379. The lowest BCUT2D eigenvalue weighted by Crippen LogP contribution is -2.07. The van der Waals surface area contributed by atoms with Crippen molar-refractivity contribution < 1.29 is 9.53 Å². The summed E-state index contributed by atoms with van der Waals surface area (Å²) in [6.45, 7) is 6.03. The zero-order valence-corrected chi connectivity index (χ0v) is 8.50. The van der Waals surface area contributed by atoms with Crippen molar-refractivity contribution in [1.29, 1.82) is 5.26 Å². The molecule has 0 aromatic carbocycles. The highest BCUT2D eigenvalue weighted by molar-refractivity contribution is 5.92. The van der Waals surface area contributed by atoms with E-state index in [2.05, 4.69) is 4.74 Å². The average Bonchev–Trinajstić information content (AvgIpc) is 2.12. The number of allylic oxidation sites excluding steroid dienone is 1. The van der Waals surface area contributed by atoms with Gasteiger partial charge in [-0.05, 0) is 11.8 Å². The Morgan fingerprint density at radius 3 is 2.31 bits per heavy atom. The van der Waals surface area contributed by atoms with Gasteiger partial charge in [-0.3, -0.25) is 0 Å². The third-order valence-corrected chi connectivity index (χ3v) is 2.01. The molecule has 13 heavy (non-hydrogen) atoms. The van der Waals surface area contributed by atoms with Crippen molar-refractivity contribution in [3.8, 4) is 6.07 Å². The Kier molecular flexibility index (Phi) is 4.83. The number of hydrogen-bond donors (Lipinski definition) is 0. The highest BCUT2D eigenvalue weighted by Gasteiger charge is 2.12. The fraction of sp³-hybridized carbons (Fsp3) is 0.600. The summed E-state index contributed by atoms with van der Waals surface area (Å²) in [7, 11) is 1.27. The summed E-state index contributed by atoms with van der Waals surface area (Å²) >= 11 is 0. The van der Waals surface area contributed by atoms with Gasteiger partial charge in [-0.2, -0.15) is 5.26 Å². The number of hydrogen-bond acceptors (Lipinski definition) is 3. The van der Waals surface area contributed by atoms with Gasteiger partial charge in [0, 0.05) is 0 Å². The van der Waals surface area contributed by atoms with Crippen LogP contribution in [-0.4, -0.2) is 13.1 Å². The highest BCUT2D eigenvalue weighted by Crippen LogP contribution is 2.13. The Hall–Kier alpha value is -1.30. The molecule has 0 heterocycles. The molecule has 0 aliphatic heterocycles. The molecule has 0 saturated heterocycles. The van der Waals surface area contributed by atoms with Crippen LogP contribution in [0.5, 0.6) is 0 Å². The fourth-order valence-corrected chi connectivity index (χ4v) is 0.716. The van der Waals surface area contributed by atoms with Gasteiger partial charge in [0.1, 0.15) is 11.6 Å². The smallest absolute Gasteiger partial charge is 0.348 e. The molecule has 0 fully saturated rings. The highest BCUT2D eigenvalue weighted by atomic mass is 16.5. The van der Waals surface area contributed by atoms with Crippen molar-refractivity contribution in [3.63, 3.8) is 0 Å². The van der Waals surface area contributed by atoms with Crippen LogP contribution < -0.4 is 0 Å². The van der Waals surface area contributed by atoms with E-state index in [1.165, 1.54) is 7.11 Å². The van der Waals surface area contributed by atoms with Gasteiger partial charge in [0.25, 0.3) is 0 Å². The minimum atomic E-state index is -0.560. The van der Waals surface area contributed by atoms with Crippen molar-refractivity contribution in [2.45, 2.75) is 20.8 Å². The van der Waals surface area contributed by atoms with Crippen LogP contribution in [0.3, 0.4) is 0 Å². The molecular weight excluding hydrogens is 166 g/mol. The molecule has 0 amide bonds. The second kappa shape index (κ2) is 5.36.